The Morgan fingerprint density at radius 1 is 1.43 bits per heavy atom. The molecule has 0 aliphatic carbocycles. The lowest BCUT2D eigenvalue weighted by atomic mass is 10.1. The van der Waals surface area contributed by atoms with Crippen LogP contribution < -0.4 is 15.4 Å². The van der Waals surface area contributed by atoms with Crippen molar-refractivity contribution in [2.45, 2.75) is 38.9 Å². The zero-order valence-corrected chi connectivity index (χ0v) is 14.0. The highest BCUT2D eigenvalue weighted by Crippen LogP contribution is 2.21. The Hall–Kier alpha value is -2.08. The highest BCUT2D eigenvalue weighted by molar-refractivity contribution is 5.88. The zero-order chi connectivity index (χ0) is 16.8. The van der Waals surface area contributed by atoms with Crippen LogP contribution in [0.15, 0.2) is 24.3 Å². The van der Waals surface area contributed by atoms with Crippen LogP contribution in [0.3, 0.4) is 0 Å². The lowest BCUT2D eigenvalue weighted by molar-refractivity contribution is -0.134. The first-order valence-electron chi connectivity index (χ1n) is 7.94. The van der Waals surface area contributed by atoms with E-state index < -0.39 is 6.04 Å². The Kier molecular flexibility index (Phi) is 5.98. The van der Waals surface area contributed by atoms with Crippen LogP contribution in [0, 0.1) is 0 Å². The molecule has 6 nitrogen and oxygen atoms in total. The number of piperazine rings is 1. The molecule has 0 spiro atoms. The van der Waals surface area contributed by atoms with Gasteiger partial charge in [-0.15, -0.1) is 0 Å². The molecule has 0 saturated carbocycles. The Morgan fingerprint density at radius 3 is 2.87 bits per heavy atom. The van der Waals surface area contributed by atoms with Gasteiger partial charge in [-0.25, -0.2) is 0 Å². The number of hydrogen-bond acceptors (Lipinski definition) is 4. The van der Waals surface area contributed by atoms with Crippen molar-refractivity contribution in [3.63, 3.8) is 0 Å². The molecule has 2 amide bonds. The molecule has 0 bridgehead atoms. The van der Waals surface area contributed by atoms with Crippen molar-refractivity contribution in [3.05, 3.63) is 29.8 Å². The van der Waals surface area contributed by atoms with Crippen molar-refractivity contribution in [3.8, 4) is 5.75 Å². The van der Waals surface area contributed by atoms with E-state index in [1.54, 1.807) is 7.11 Å². The Balaban J connectivity index is 2.10. The number of ether oxygens (including phenoxy) is 1. The van der Waals surface area contributed by atoms with Gasteiger partial charge in [-0.05, 0) is 19.9 Å². The van der Waals surface area contributed by atoms with E-state index in [0.29, 0.717) is 19.6 Å². The molecule has 1 aromatic rings. The molecule has 6 heteroatoms. The van der Waals surface area contributed by atoms with Gasteiger partial charge in [0, 0.05) is 31.2 Å². The first-order valence-corrected chi connectivity index (χ1v) is 7.94. The molecule has 0 unspecified atom stereocenters. The number of para-hydroxylation sites is 1. The van der Waals surface area contributed by atoms with E-state index in [0.717, 1.165) is 11.3 Å². The van der Waals surface area contributed by atoms with Crippen LogP contribution >= 0.6 is 0 Å². The molecule has 1 aromatic carbocycles. The van der Waals surface area contributed by atoms with Crippen LogP contribution in [0.2, 0.25) is 0 Å². The summed E-state index contributed by atoms with van der Waals surface area (Å²) in [5.74, 6) is 0.598. The maximum atomic E-state index is 12.2. The second kappa shape index (κ2) is 7.97. The van der Waals surface area contributed by atoms with Crippen LogP contribution in [-0.4, -0.2) is 49.0 Å². The SMILES string of the molecule is COc1ccccc1CN1CCNC(=O)[C@H]1CC(=O)NC(C)C. The normalized spacial score (nSPS) is 18.6. The van der Waals surface area contributed by atoms with E-state index in [2.05, 4.69) is 10.6 Å². The maximum absolute atomic E-state index is 12.2. The predicted octanol–water partition coefficient (Wildman–Crippen LogP) is 0.910. The molecular weight excluding hydrogens is 294 g/mol. The molecule has 0 aromatic heterocycles. The summed E-state index contributed by atoms with van der Waals surface area (Å²) in [5.41, 5.74) is 1.01. The van der Waals surface area contributed by atoms with Crippen LogP contribution in [0.5, 0.6) is 5.75 Å². The van der Waals surface area contributed by atoms with Crippen LogP contribution in [0.1, 0.15) is 25.8 Å². The van der Waals surface area contributed by atoms with Gasteiger partial charge in [-0.3, -0.25) is 14.5 Å². The fourth-order valence-electron chi connectivity index (χ4n) is 2.78. The summed E-state index contributed by atoms with van der Waals surface area (Å²) in [7, 11) is 1.63. The van der Waals surface area contributed by atoms with Gasteiger partial charge in [-0.1, -0.05) is 18.2 Å². The van der Waals surface area contributed by atoms with Crippen molar-refractivity contribution in [2.75, 3.05) is 20.2 Å². The Bertz CT molecular complexity index is 560. The molecular formula is C17H25N3O3. The molecule has 0 radical (unpaired) electrons. The van der Waals surface area contributed by atoms with Crippen LogP contribution in [0.4, 0.5) is 0 Å². The number of methoxy groups -OCH3 is 1. The van der Waals surface area contributed by atoms with E-state index >= 15 is 0 Å². The number of hydrogen-bond donors (Lipinski definition) is 2. The molecule has 1 aliphatic rings. The highest BCUT2D eigenvalue weighted by Gasteiger charge is 2.32. The lowest BCUT2D eigenvalue weighted by Crippen LogP contribution is -2.56. The first-order chi connectivity index (χ1) is 11.0. The fraction of sp³-hybridized carbons (Fsp3) is 0.529. The molecule has 1 fully saturated rings. The van der Waals surface area contributed by atoms with E-state index in [9.17, 15) is 9.59 Å². The van der Waals surface area contributed by atoms with Crippen molar-refractivity contribution in [1.82, 2.24) is 15.5 Å². The summed E-state index contributed by atoms with van der Waals surface area (Å²) in [6, 6.07) is 7.36. The van der Waals surface area contributed by atoms with Gasteiger partial charge in [0.15, 0.2) is 0 Å². The molecule has 126 valence electrons. The molecule has 2 N–H and O–H groups in total. The van der Waals surface area contributed by atoms with Gasteiger partial charge in [-0.2, -0.15) is 0 Å². The lowest BCUT2D eigenvalue weighted by Gasteiger charge is -2.35. The number of rotatable bonds is 6. The largest absolute Gasteiger partial charge is 0.496 e. The van der Waals surface area contributed by atoms with Gasteiger partial charge in [0.2, 0.25) is 11.8 Å². The van der Waals surface area contributed by atoms with Crippen molar-refractivity contribution in [1.29, 1.82) is 0 Å². The minimum Gasteiger partial charge on any atom is -0.496 e. The smallest absolute Gasteiger partial charge is 0.237 e. The third-order valence-corrected chi connectivity index (χ3v) is 3.84. The molecule has 1 heterocycles. The fourth-order valence-corrected chi connectivity index (χ4v) is 2.78. The average Bonchev–Trinajstić information content (AvgIpc) is 2.50. The quantitative estimate of drug-likeness (QED) is 0.818. The van der Waals surface area contributed by atoms with Crippen LogP contribution in [-0.2, 0) is 16.1 Å². The van der Waals surface area contributed by atoms with E-state index in [4.69, 9.17) is 4.74 Å². The summed E-state index contributed by atoms with van der Waals surface area (Å²) in [4.78, 5) is 26.3. The van der Waals surface area contributed by atoms with Crippen molar-refractivity contribution in [2.24, 2.45) is 0 Å². The molecule has 1 atom stereocenters. The first kappa shape index (κ1) is 17.3. The maximum Gasteiger partial charge on any atom is 0.237 e. The van der Waals surface area contributed by atoms with Gasteiger partial charge in [0.05, 0.1) is 19.6 Å². The minimum atomic E-state index is -0.451. The summed E-state index contributed by atoms with van der Waals surface area (Å²) in [6.07, 6.45) is 0.166. The Labute approximate surface area is 137 Å². The number of nitrogens with zero attached hydrogens (tertiary/aromatic N) is 1. The van der Waals surface area contributed by atoms with Gasteiger partial charge >= 0.3 is 0 Å². The van der Waals surface area contributed by atoms with Gasteiger partial charge < -0.3 is 15.4 Å². The number of amides is 2. The molecule has 2 rings (SSSR count). The van der Waals surface area contributed by atoms with E-state index in [1.165, 1.54) is 0 Å². The average molecular weight is 319 g/mol. The predicted molar refractivity (Wildman–Crippen MR) is 88.1 cm³/mol. The zero-order valence-electron chi connectivity index (χ0n) is 14.0. The standard InChI is InChI=1S/C17H25N3O3/c1-12(2)19-16(21)10-14-17(22)18-8-9-20(14)11-13-6-4-5-7-15(13)23-3/h4-7,12,14H,8-11H2,1-3H3,(H,18,22)(H,19,21)/t14-/m1/s1. The minimum absolute atomic E-state index is 0.0665. The van der Waals surface area contributed by atoms with E-state index in [1.807, 2.05) is 43.0 Å². The molecule has 23 heavy (non-hydrogen) atoms. The number of carbonyl (C=O) groups is 2. The number of carbonyl (C=O) groups excluding carboxylic acids is 2. The van der Waals surface area contributed by atoms with Crippen LogP contribution in [0.25, 0.3) is 0 Å². The van der Waals surface area contributed by atoms with Crippen molar-refractivity contribution < 1.29 is 14.3 Å². The highest BCUT2D eigenvalue weighted by atomic mass is 16.5. The third kappa shape index (κ3) is 4.69. The van der Waals surface area contributed by atoms with Gasteiger partial charge in [0.1, 0.15) is 5.75 Å². The number of nitrogens with one attached hydrogen (secondary N) is 2. The monoisotopic (exact) mass is 319 g/mol. The number of benzene rings is 1. The molecule has 1 saturated heterocycles. The summed E-state index contributed by atoms with van der Waals surface area (Å²) >= 11 is 0. The second-order valence-electron chi connectivity index (χ2n) is 6.02. The van der Waals surface area contributed by atoms with Crippen molar-refractivity contribution >= 4 is 11.8 Å². The molecule has 1 aliphatic heterocycles. The van der Waals surface area contributed by atoms with Gasteiger partial charge in [0.25, 0.3) is 0 Å². The topological polar surface area (TPSA) is 70.7 Å². The third-order valence-electron chi connectivity index (χ3n) is 3.84. The Morgan fingerprint density at radius 2 is 2.17 bits per heavy atom. The summed E-state index contributed by atoms with van der Waals surface area (Å²) in [5, 5.41) is 5.69. The summed E-state index contributed by atoms with van der Waals surface area (Å²) < 4.78 is 5.38. The van der Waals surface area contributed by atoms with E-state index in [-0.39, 0.29) is 24.3 Å². The second-order valence-corrected chi connectivity index (χ2v) is 6.02. The summed E-state index contributed by atoms with van der Waals surface area (Å²) in [6.45, 7) is 5.70.